The quantitative estimate of drug-likeness (QED) is 0.732. The van der Waals surface area contributed by atoms with Crippen molar-refractivity contribution in [3.8, 4) is 11.1 Å². The van der Waals surface area contributed by atoms with E-state index in [9.17, 15) is 14.7 Å². The summed E-state index contributed by atoms with van der Waals surface area (Å²) in [6.07, 6.45) is 0. The van der Waals surface area contributed by atoms with E-state index in [1.165, 1.54) is 6.07 Å². The fourth-order valence-corrected chi connectivity index (χ4v) is 2.49. The maximum absolute atomic E-state index is 12.5. The van der Waals surface area contributed by atoms with Gasteiger partial charge in [0.25, 0.3) is 0 Å². The van der Waals surface area contributed by atoms with Crippen LogP contribution in [0.1, 0.15) is 26.3 Å². The van der Waals surface area contributed by atoms with E-state index >= 15 is 0 Å². The summed E-state index contributed by atoms with van der Waals surface area (Å²) in [5.41, 5.74) is 2.44. The third-order valence-corrected chi connectivity index (χ3v) is 3.63. The number of benzene rings is 3. The Labute approximate surface area is 133 Å². The second kappa shape index (κ2) is 6.28. The first-order chi connectivity index (χ1) is 11.2. The summed E-state index contributed by atoms with van der Waals surface area (Å²) in [5.74, 6) is -1.24. The Kier molecular flexibility index (Phi) is 4.02. The van der Waals surface area contributed by atoms with E-state index < -0.39 is 5.97 Å². The van der Waals surface area contributed by atoms with Crippen LogP contribution in [0, 0.1) is 0 Å². The normalized spacial score (nSPS) is 10.3. The zero-order valence-electron chi connectivity index (χ0n) is 12.3. The van der Waals surface area contributed by atoms with Gasteiger partial charge in [-0.2, -0.15) is 0 Å². The SMILES string of the molecule is O=C(c1ccccc1)c1ccc(-c2ccccc2)c(C(=O)O)c1. The van der Waals surface area contributed by atoms with Crippen molar-refractivity contribution < 1.29 is 14.7 Å². The number of carbonyl (C=O) groups is 2. The van der Waals surface area contributed by atoms with Gasteiger partial charge >= 0.3 is 5.97 Å². The molecule has 0 unspecified atom stereocenters. The first-order valence-corrected chi connectivity index (χ1v) is 7.19. The molecule has 0 fully saturated rings. The molecular weight excluding hydrogens is 288 g/mol. The summed E-state index contributed by atoms with van der Waals surface area (Å²) >= 11 is 0. The molecule has 0 bridgehead atoms. The van der Waals surface area contributed by atoms with Crippen molar-refractivity contribution in [2.24, 2.45) is 0 Å². The van der Waals surface area contributed by atoms with E-state index in [-0.39, 0.29) is 11.3 Å². The van der Waals surface area contributed by atoms with Crippen LogP contribution in [0.25, 0.3) is 11.1 Å². The Morgan fingerprint density at radius 3 is 1.91 bits per heavy atom. The molecule has 3 aromatic carbocycles. The molecular formula is C20H14O3. The first kappa shape index (κ1) is 14.7. The molecule has 0 aliphatic heterocycles. The number of ketones is 1. The minimum absolute atomic E-state index is 0.123. The highest BCUT2D eigenvalue weighted by Gasteiger charge is 2.16. The predicted molar refractivity (Wildman–Crippen MR) is 88.7 cm³/mol. The van der Waals surface area contributed by atoms with Crippen LogP contribution in [0.4, 0.5) is 0 Å². The molecule has 3 aromatic rings. The molecule has 0 atom stereocenters. The molecule has 3 rings (SSSR count). The predicted octanol–water partition coefficient (Wildman–Crippen LogP) is 4.28. The molecule has 0 spiro atoms. The average molecular weight is 302 g/mol. The van der Waals surface area contributed by atoms with Gasteiger partial charge in [-0.15, -0.1) is 0 Å². The van der Waals surface area contributed by atoms with Crippen LogP contribution in [0.5, 0.6) is 0 Å². The third kappa shape index (κ3) is 3.04. The van der Waals surface area contributed by atoms with E-state index in [0.717, 1.165) is 5.56 Å². The lowest BCUT2D eigenvalue weighted by molar-refractivity contribution is 0.0697. The molecule has 112 valence electrons. The van der Waals surface area contributed by atoms with Gasteiger partial charge in [0.15, 0.2) is 5.78 Å². The number of hydrogen-bond acceptors (Lipinski definition) is 2. The summed E-state index contributed by atoms with van der Waals surface area (Å²) in [4.78, 5) is 24.1. The highest BCUT2D eigenvalue weighted by atomic mass is 16.4. The minimum atomic E-state index is -1.05. The molecule has 1 N–H and O–H groups in total. The maximum Gasteiger partial charge on any atom is 0.336 e. The van der Waals surface area contributed by atoms with E-state index in [0.29, 0.717) is 16.7 Å². The number of hydrogen-bond donors (Lipinski definition) is 1. The second-order valence-electron chi connectivity index (χ2n) is 5.13. The Bertz CT molecular complexity index is 853. The van der Waals surface area contributed by atoms with Crippen molar-refractivity contribution in [2.75, 3.05) is 0 Å². The molecule has 3 nitrogen and oxygen atoms in total. The number of carbonyl (C=O) groups excluding carboxylic acids is 1. The Morgan fingerprint density at radius 1 is 0.696 bits per heavy atom. The summed E-state index contributed by atoms with van der Waals surface area (Å²) < 4.78 is 0. The van der Waals surface area contributed by atoms with Crippen molar-refractivity contribution >= 4 is 11.8 Å². The van der Waals surface area contributed by atoms with Crippen LogP contribution < -0.4 is 0 Å². The monoisotopic (exact) mass is 302 g/mol. The molecule has 0 heterocycles. The summed E-state index contributed by atoms with van der Waals surface area (Å²) in [5, 5.41) is 9.49. The van der Waals surface area contributed by atoms with Crippen LogP contribution >= 0.6 is 0 Å². The lowest BCUT2D eigenvalue weighted by Gasteiger charge is -2.09. The van der Waals surface area contributed by atoms with Gasteiger partial charge in [-0.25, -0.2) is 4.79 Å². The largest absolute Gasteiger partial charge is 0.478 e. The fraction of sp³-hybridized carbons (Fsp3) is 0. The standard InChI is InChI=1S/C20H14O3/c21-19(15-9-5-2-6-10-15)16-11-12-17(18(13-16)20(22)23)14-7-3-1-4-8-14/h1-13H,(H,22,23). The lowest BCUT2D eigenvalue weighted by Crippen LogP contribution is -2.06. The number of aromatic carboxylic acids is 1. The molecule has 0 radical (unpaired) electrons. The average Bonchev–Trinajstić information content (AvgIpc) is 2.62. The van der Waals surface area contributed by atoms with E-state index in [4.69, 9.17) is 0 Å². The zero-order valence-corrected chi connectivity index (χ0v) is 12.3. The van der Waals surface area contributed by atoms with Crippen molar-refractivity contribution in [3.05, 3.63) is 95.6 Å². The van der Waals surface area contributed by atoms with Gasteiger partial charge in [-0.3, -0.25) is 4.79 Å². The number of carboxylic acids is 1. The summed E-state index contributed by atoms with van der Waals surface area (Å²) in [6.45, 7) is 0. The molecule has 3 heteroatoms. The van der Waals surface area contributed by atoms with E-state index in [1.807, 2.05) is 36.4 Å². The Hall–Kier alpha value is -3.20. The molecule has 0 aliphatic rings. The molecule has 0 aliphatic carbocycles. The van der Waals surface area contributed by atoms with E-state index in [2.05, 4.69) is 0 Å². The molecule has 0 amide bonds. The first-order valence-electron chi connectivity index (χ1n) is 7.19. The fourth-order valence-electron chi connectivity index (χ4n) is 2.49. The van der Waals surface area contributed by atoms with Crippen molar-refractivity contribution in [1.82, 2.24) is 0 Å². The van der Waals surface area contributed by atoms with E-state index in [1.54, 1.807) is 36.4 Å². The summed E-state index contributed by atoms with van der Waals surface area (Å²) in [7, 11) is 0. The molecule has 0 aromatic heterocycles. The lowest BCUT2D eigenvalue weighted by atomic mass is 9.94. The smallest absolute Gasteiger partial charge is 0.336 e. The Balaban J connectivity index is 2.07. The zero-order chi connectivity index (χ0) is 16.2. The Morgan fingerprint density at radius 2 is 1.30 bits per heavy atom. The van der Waals surface area contributed by atoms with Crippen molar-refractivity contribution in [1.29, 1.82) is 0 Å². The van der Waals surface area contributed by atoms with Crippen molar-refractivity contribution in [3.63, 3.8) is 0 Å². The second-order valence-corrected chi connectivity index (χ2v) is 5.13. The molecule has 23 heavy (non-hydrogen) atoms. The number of rotatable bonds is 4. The minimum Gasteiger partial charge on any atom is -0.478 e. The topological polar surface area (TPSA) is 54.4 Å². The highest BCUT2D eigenvalue weighted by Crippen LogP contribution is 2.25. The molecule has 0 saturated heterocycles. The van der Waals surface area contributed by atoms with Gasteiger partial charge in [0.2, 0.25) is 0 Å². The summed E-state index contributed by atoms with van der Waals surface area (Å²) in [6, 6.07) is 22.9. The van der Waals surface area contributed by atoms with Crippen LogP contribution in [0.2, 0.25) is 0 Å². The van der Waals surface area contributed by atoms with Gasteiger partial charge in [-0.05, 0) is 17.2 Å². The van der Waals surface area contributed by atoms with Gasteiger partial charge in [-0.1, -0.05) is 72.8 Å². The van der Waals surface area contributed by atoms with Crippen molar-refractivity contribution in [2.45, 2.75) is 0 Å². The number of carboxylic acid groups (broad SMARTS) is 1. The van der Waals surface area contributed by atoms with Crippen LogP contribution in [0.3, 0.4) is 0 Å². The van der Waals surface area contributed by atoms with Crippen LogP contribution in [-0.4, -0.2) is 16.9 Å². The van der Waals surface area contributed by atoms with Crippen LogP contribution in [-0.2, 0) is 0 Å². The van der Waals surface area contributed by atoms with Gasteiger partial charge in [0.05, 0.1) is 5.56 Å². The van der Waals surface area contributed by atoms with Gasteiger partial charge < -0.3 is 5.11 Å². The van der Waals surface area contributed by atoms with Gasteiger partial charge in [0, 0.05) is 11.1 Å². The molecule has 0 saturated carbocycles. The third-order valence-electron chi connectivity index (χ3n) is 3.63. The van der Waals surface area contributed by atoms with Crippen LogP contribution in [0.15, 0.2) is 78.9 Å². The highest BCUT2D eigenvalue weighted by molar-refractivity contribution is 6.10. The maximum atomic E-state index is 12.5. The van der Waals surface area contributed by atoms with Gasteiger partial charge in [0.1, 0.15) is 0 Å².